The van der Waals surface area contributed by atoms with Crippen molar-refractivity contribution in [3.63, 3.8) is 0 Å². The van der Waals surface area contributed by atoms with Crippen molar-refractivity contribution in [2.75, 3.05) is 5.32 Å². The van der Waals surface area contributed by atoms with E-state index in [9.17, 15) is 4.39 Å². The van der Waals surface area contributed by atoms with Gasteiger partial charge < -0.3 is 10.1 Å². The van der Waals surface area contributed by atoms with E-state index in [1.54, 1.807) is 12.1 Å². The molecule has 0 aliphatic rings. The third-order valence-corrected chi connectivity index (χ3v) is 1.54. The monoisotopic (exact) mass is 209 g/mol. The minimum atomic E-state index is -0.308. The summed E-state index contributed by atoms with van der Waals surface area (Å²) in [5.74, 6) is 0.122. The van der Waals surface area contributed by atoms with Gasteiger partial charge in [0.2, 0.25) is 0 Å². The van der Waals surface area contributed by atoms with Gasteiger partial charge >= 0.3 is 0 Å². The first-order valence-electron chi connectivity index (χ1n) is 4.77. The first-order valence-corrected chi connectivity index (χ1v) is 4.77. The van der Waals surface area contributed by atoms with Crippen molar-refractivity contribution in [2.45, 2.75) is 26.4 Å². The summed E-state index contributed by atoms with van der Waals surface area (Å²) in [5, 5.41) is 2.88. The molecular formula is C12H16FNO. The highest BCUT2D eigenvalue weighted by Gasteiger charge is 2.12. The molecule has 0 radical (unpaired) electrons. The van der Waals surface area contributed by atoms with Crippen LogP contribution in [0.15, 0.2) is 36.7 Å². The van der Waals surface area contributed by atoms with Gasteiger partial charge in [0.05, 0.1) is 0 Å². The largest absolute Gasteiger partial charge is 0.474 e. The predicted octanol–water partition coefficient (Wildman–Crippen LogP) is 3.52. The number of benzene rings is 1. The minimum absolute atomic E-state index is 0.288. The standard InChI is InChI=1S/C12H16FNO/c1-9(15-12(2,3)4)14-11-7-5-6-10(13)8-11/h5-8,14H,1H2,2-4H3. The summed E-state index contributed by atoms with van der Waals surface area (Å²) in [5.41, 5.74) is 0.321. The summed E-state index contributed by atoms with van der Waals surface area (Å²) in [6.07, 6.45) is 0. The van der Waals surface area contributed by atoms with Crippen molar-refractivity contribution in [2.24, 2.45) is 0 Å². The third-order valence-electron chi connectivity index (χ3n) is 1.54. The van der Waals surface area contributed by atoms with Gasteiger partial charge in [-0.2, -0.15) is 0 Å². The van der Waals surface area contributed by atoms with Crippen LogP contribution in [0.2, 0.25) is 0 Å². The van der Waals surface area contributed by atoms with Crippen LogP contribution in [0.25, 0.3) is 0 Å². The summed E-state index contributed by atoms with van der Waals surface area (Å²) in [4.78, 5) is 0. The van der Waals surface area contributed by atoms with Crippen molar-refractivity contribution in [1.82, 2.24) is 0 Å². The first kappa shape index (κ1) is 11.6. The van der Waals surface area contributed by atoms with E-state index in [0.29, 0.717) is 11.6 Å². The highest BCUT2D eigenvalue weighted by atomic mass is 19.1. The van der Waals surface area contributed by atoms with E-state index in [4.69, 9.17) is 4.74 Å². The molecule has 0 aliphatic carbocycles. The Balaban J connectivity index is 2.59. The molecule has 0 fully saturated rings. The molecule has 82 valence electrons. The molecule has 1 N–H and O–H groups in total. The zero-order valence-electron chi connectivity index (χ0n) is 9.30. The van der Waals surface area contributed by atoms with Crippen LogP contribution in [0, 0.1) is 5.82 Å². The normalized spacial score (nSPS) is 10.9. The molecule has 3 heteroatoms. The summed E-state index contributed by atoms with van der Waals surface area (Å²) >= 11 is 0. The molecule has 0 bridgehead atoms. The van der Waals surface area contributed by atoms with Crippen molar-refractivity contribution < 1.29 is 9.13 Å². The zero-order chi connectivity index (χ0) is 11.5. The van der Waals surface area contributed by atoms with Crippen LogP contribution in [0.3, 0.4) is 0 Å². The molecule has 0 unspecified atom stereocenters. The van der Waals surface area contributed by atoms with Gasteiger partial charge in [0.25, 0.3) is 0 Å². The Morgan fingerprint density at radius 1 is 1.40 bits per heavy atom. The number of ether oxygens (including phenoxy) is 1. The highest BCUT2D eigenvalue weighted by Crippen LogP contribution is 2.16. The van der Waals surface area contributed by atoms with E-state index >= 15 is 0 Å². The second-order valence-corrected chi connectivity index (χ2v) is 4.27. The quantitative estimate of drug-likeness (QED) is 0.769. The smallest absolute Gasteiger partial charge is 0.184 e. The maximum atomic E-state index is 12.8. The van der Waals surface area contributed by atoms with Crippen LogP contribution in [0.5, 0.6) is 0 Å². The molecule has 2 nitrogen and oxygen atoms in total. The average Bonchev–Trinajstić information content (AvgIpc) is 1.99. The molecular weight excluding hydrogens is 193 g/mol. The van der Waals surface area contributed by atoms with Crippen molar-refractivity contribution >= 4 is 5.69 Å². The van der Waals surface area contributed by atoms with E-state index in [1.165, 1.54) is 12.1 Å². The van der Waals surface area contributed by atoms with Gasteiger partial charge in [0.15, 0.2) is 5.88 Å². The van der Waals surface area contributed by atoms with Gasteiger partial charge in [0, 0.05) is 5.69 Å². The van der Waals surface area contributed by atoms with E-state index in [1.807, 2.05) is 20.8 Å². The lowest BCUT2D eigenvalue weighted by Crippen LogP contribution is -2.21. The van der Waals surface area contributed by atoms with Gasteiger partial charge in [-0.1, -0.05) is 6.07 Å². The third kappa shape index (κ3) is 4.49. The Bertz CT molecular complexity index is 355. The molecule has 1 aromatic carbocycles. The molecule has 0 aromatic heterocycles. The lowest BCUT2D eigenvalue weighted by Gasteiger charge is -2.23. The summed E-state index contributed by atoms with van der Waals surface area (Å²) in [6, 6.07) is 6.15. The van der Waals surface area contributed by atoms with Gasteiger partial charge in [0.1, 0.15) is 11.4 Å². The zero-order valence-corrected chi connectivity index (χ0v) is 9.30. The maximum absolute atomic E-state index is 12.8. The first-order chi connectivity index (χ1) is 6.87. The fourth-order valence-corrected chi connectivity index (χ4v) is 1.12. The van der Waals surface area contributed by atoms with Gasteiger partial charge in [-0.15, -0.1) is 0 Å². The van der Waals surface area contributed by atoms with Crippen LogP contribution in [-0.2, 0) is 4.74 Å². The Labute approximate surface area is 89.8 Å². The molecule has 0 amide bonds. The topological polar surface area (TPSA) is 21.3 Å². The van der Waals surface area contributed by atoms with Crippen molar-refractivity contribution in [3.8, 4) is 0 Å². The molecule has 15 heavy (non-hydrogen) atoms. The number of halogens is 1. The Morgan fingerprint density at radius 3 is 2.60 bits per heavy atom. The van der Waals surface area contributed by atoms with Crippen LogP contribution >= 0.6 is 0 Å². The van der Waals surface area contributed by atoms with Crippen LogP contribution in [0.1, 0.15) is 20.8 Å². The van der Waals surface area contributed by atoms with Gasteiger partial charge in [-0.3, -0.25) is 0 Å². The van der Waals surface area contributed by atoms with Crippen molar-refractivity contribution in [3.05, 3.63) is 42.5 Å². The van der Waals surface area contributed by atoms with E-state index in [-0.39, 0.29) is 11.4 Å². The number of hydrogen-bond acceptors (Lipinski definition) is 2. The lowest BCUT2D eigenvalue weighted by atomic mass is 10.2. The van der Waals surface area contributed by atoms with Crippen molar-refractivity contribution in [1.29, 1.82) is 0 Å². The Kier molecular flexibility index (Phi) is 3.35. The van der Waals surface area contributed by atoms with Crippen LogP contribution in [-0.4, -0.2) is 5.60 Å². The molecule has 1 rings (SSSR count). The summed E-state index contributed by atoms with van der Waals surface area (Å²) in [6.45, 7) is 9.48. The van der Waals surface area contributed by atoms with Gasteiger partial charge in [-0.05, 0) is 45.5 Å². The van der Waals surface area contributed by atoms with E-state index in [2.05, 4.69) is 11.9 Å². The number of anilines is 1. The Hall–Kier alpha value is -1.51. The van der Waals surface area contributed by atoms with Crippen LogP contribution < -0.4 is 5.32 Å². The second kappa shape index (κ2) is 4.34. The Morgan fingerprint density at radius 2 is 2.07 bits per heavy atom. The molecule has 0 saturated carbocycles. The van der Waals surface area contributed by atoms with E-state index in [0.717, 1.165) is 0 Å². The number of nitrogens with one attached hydrogen (secondary N) is 1. The SMILES string of the molecule is C=C(Nc1cccc(F)c1)OC(C)(C)C. The minimum Gasteiger partial charge on any atom is -0.474 e. The molecule has 0 atom stereocenters. The number of hydrogen-bond donors (Lipinski definition) is 1. The predicted molar refractivity (Wildman–Crippen MR) is 60.0 cm³/mol. The molecule has 0 aliphatic heterocycles. The fraction of sp³-hybridized carbons (Fsp3) is 0.333. The fourth-order valence-electron chi connectivity index (χ4n) is 1.12. The van der Waals surface area contributed by atoms with Crippen LogP contribution in [0.4, 0.5) is 10.1 Å². The summed E-state index contributed by atoms with van der Waals surface area (Å²) in [7, 11) is 0. The van der Waals surface area contributed by atoms with E-state index < -0.39 is 0 Å². The molecule has 1 aromatic rings. The lowest BCUT2D eigenvalue weighted by molar-refractivity contribution is 0.0565. The van der Waals surface area contributed by atoms with Gasteiger partial charge in [-0.25, -0.2) is 4.39 Å². The molecule has 0 saturated heterocycles. The second-order valence-electron chi connectivity index (χ2n) is 4.27. The number of rotatable bonds is 3. The highest BCUT2D eigenvalue weighted by molar-refractivity contribution is 5.46. The average molecular weight is 209 g/mol. The summed E-state index contributed by atoms with van der Waals surface area (Å²) < 4.78 is 18.3. The maximum Gasteiger partial charge on any atom is 0.184 e. The molecule has 0 spiro atoms. The molecule has 0 heterocycles.